The summed E-state index contributed by atoms with van der Waals surface area (Å²) in [4.78, 5) is 4.84. The van der Waals surface area contributed by atoms with Crippen LogP contribution < -0.4 is 9.80 Å². The summed E-state index contributed by atoms with van der Waals surface area (Å²) in [6.07, 6.45) is 7.21. The van der Waals surface area contributed by atoms with Crippen LogP contribution in [-0.2, 0) is 0 Å². The summed E-state index contributed by atoms with van der Waals surface area (Å²) in [5.41, 5.74) is 19.9. The van der Waals surface area contributed by atoms with E-state index in [-0.39, 0.29) is 9.84 Å². The van der Waals surface area contributed by atoms with E-state index < -0.39 is 0 Å². The van der Waals surface area contributed by atoms with Crippen LogP contribution in [0.1, 0.15) is 17.0 Å². The second-order valence-electron chi connectivity index (χ2n) is 17.3. The standard InChI is InChI=1S/C66H49IN2/c67-64-46-37-56(61-25-13-15-27-65(61)68(57-38-29-52(30-39-57)48-17-5-1-6-18-48)58-40-31-53(32-41-58)49-19-7-2-8-20-49)47-63(64)62-26-14-16-28-66(62)69(59-42-33-54(34-43-59)50-21-9-3-10-22-50)60-44-35-55(36-45-60)51-23-11-4-12-24-51/h1-47,63-64H/t63?,64-/m1/s1. The van der Waals surface area contributed by atoms with Crippen LogP contribution in [0.15, 0.2) is 285 Å². The number of anilines is 6. The number of allylic oxidation sites excluding steroid dienone is 4. The summed E-state index contributed by atoms with van der Waals surface area (Å²) in [5, 5.41) is 0. The SMILES string of the molecule is I[C@@H]1C=CC(c2ccccc2N(c2ccc(-c3ccccc3)cc2)c2ccc(-c3ccccc3)cc2)=CC1c1ccccc1N(c1ccc(-c2ccccc2)cc1)c1ccc(-c2ccccc2)cc1. The molecule has 10 aromatic carbocycles. The Hall–Kier alpha value is -7.99. The molecule has 2 atom stereocenters. The largest absolute Gasteiger partial charge is 0.310 e. The smallest absolute Gasteiger partial charge is 0.0539 e. The van der Waals surface area contributed by atoms with Crippen LogP contribution in [0.5, 0.6) is 0 Å². The van der Waals surface area contributed by atoms with Crippen molar-refractivity contribution in [2.45, 2.75) is 9.84 Å². The first kappa shape index (κ1) is 43.6. The molecular weight excluding hydrogens is 948 g/mol. The van der Waals surface area contributed by atoms with Crippen molar-refractivity contribution in [1.29, 1.82) is 0 Å². The fourth-order valence-electron chi connectivity index (χ4n) is 9.57. The predicted octanol–water partition coefficient (Wildman–Crippen LogP) is 18.8. The van der Waals surface area contributed by atoms with Gasteiger partial charge in [0.05, 0.1) is 5.69 Å². The van der Waals surface area contributed by atoms with Gasteiger partial charge in [-0.2, -0.15) is 0 Å². The van der Waals surface area contributed by atoms with Crippen molar-refractivity contribution in [3.05, 3.63) is 296 Å². The molecule has 3 heteroatoms. The van der Waals surface area contributed by atoms with Gasteiger partial charge in [0.1, 0.15) is 0 Å². The first-order valence-electron chi connectivity index (χ1n) is 23.6. The molecule has 0 aromatic heterocycles. The lowest BCUT2D eigenvalue weighted by Gasteiger charge is -2.32. The number of halogens is 1. The van der Waals surface area contributed by atoms with Crippen LogP contribution in [0, 0.1) is 0 Å². The molecular formula is C66H49IN2. The van der Waals surface area contributed by atoms with Crippen molar-refractivity contribution in [1.82, 2.24) is 0 Å². The van der Waals surface area contributed by atoms with Gasteiger partial charge in [-0.1, -0.05) is 247 Å². The van der Waals surface area contributed by atoms with Gasteiger partial charge in [-0.15, -0.1) is 0 Å². The molecule has 1 aliphatic carbocycles. The summed E-state index contributed by atoms with van der Waals surface area (Å²) < 4.78 is 0.217. The normalized spacial score (nSPS) is 14.2. The molecule has 0 radical (unpaired) electrons. The molecule has 0 spiro atoms. The molecule has 0 bridgehead atoms. The van der Waals surface area contributed by atoms with Crippen molar-refractivity contribution in [2.75, 3.05) is 9.80 Å². The fraction of sp³-hybridized carbons (Fsp3) is 0.0303. The summed E-state index contributed by atoms with van der Waals surface area (Å²) in [5.74, 6) is 0.0771. The highest BCUT2D eigenvalue weighted by Crippen LogP contribution is 2.47. The lowest BCUT2D eigenvalue weighted by atomic mass is 9.85. The minimum atomic E-state index is 0.0771. The van der Waals surface area contributed by atoms with Crippen molar-refractivity contribution >= 4 is 62.3 Å². The molecule has 1 unspecified atom stereocenters. The Bertz CT molecular complexity index is 3180. The quantitative estimate of drug-likeness (QED) is 0.0889. The average Bonchev–Trinajstić information content (AvgIpc) is 3.43. The number of rotatable bonds is 12. The summed E-state index contributed by atoms with van der Waals surface area (Å²) in [7, 11) is 0. The van der Waals surface area contributed by atoms with Crippen LogP contribution in [0.25, 0.3) is 50.1 Å². The number of nitrogens with zero attached hydrogens (tertiary/aromatic N) is 2. The first-order chi connectivity index (χ1) is 34.1. The van der Waals surface area contributed by atoms with E-state index in [1.807, 2.05) is 0 Å². The van der Waals surface area contributed by atoms with Gasteiger partial charge in [0.25, 0.3) is 0 Å². The van der Waals surface area contributed by atoms with Crippen molar-refractivity contribution in [2.24, 2.45) is 0 Å². The zero-order valence-electron chi connectivity index (χ0n) is 38.1. The van der Waals surface area contributed by atoms with Gasteiger partial charge in [-0.3, -0.25) is 0 Å². The van der Waals surface area contributed by atoms with Gasteiger partial charge >= 0.3 is 0 Å². The van der Waals surface area contributed by atoms with E-state index in [4.69, 9.17) is 0 Å². The van der Waals surface area contributed by atoms with Crippen LogP contribution in [-0.4, -0.2) is 3.92 Å². The number of para-hydroxylation sites is 2. The van der Waals surface area contributed by atoms with Gasteiger partial charge < -0.3 is 9.80 Å². The molecule has 0 saturated carbocycles. The van der Waals surface area contributed by atoms with Gasteiger partial charge in [0.15, 0.2) is 0 Å². The molecule has 0 amide bonds. The molecule has 2 nitrogen and oxygen atoms in total. The van der Waals surface area contributed by atoms with Crippen molar-refractivity contribution < 1.29 is 0 Å². The predicted molar refractivity (Wildman–Crippen MR) is 302 cm³/mol. The maximum absolute atomic E-state index is 2.64. The molecule has 10 aromatic rings. The Labute approximate surface area is 420 Å². The van der Waals surface area contributed by atoms with Crippen LogP contribution >= 0.6 is 22.6 Å². The number of alkyl halides is 1. The molecule has 11 rings (SSSR count). The van der Waals surface area contributed by atoms with E-state index in [0.717, 1.165) is 34.1 Å². The molecule has 0 N–H and O–H groups in total. The Balaban J connectivity index is 1.00. The molecule has 1 aliphatic rings. The number of hydrogen-bond acceptors (Lipinski definition) is 2. The highest BCUT2D eigenvalue weighted by molar-refractivity contribution is 14.1. The van der Waals surface area contributed by atoms with Gasteiger partial charge in [-0.05, 0) is 116 Å². The third kappa shape index (κ3) is 9.34. The van der Waals surface area contributed by atoms with Gasteiger partial charge in [0.2, 0.25) is 0 Å². The van der Waals surface area contributed by atoms with Crippen LogP contribution in [0.4, 0.5) is 34.1 Å². The fourth-order valence-corrected chi connectivity index (χ4v) is 10.4. The molecule has 0 heterocycles. The first-order valence-corrected chi connectivity index (χ1v) is 24.8. The molecule has 0 aliphatic heterocycles. The highest BCUT2D eigenvalue weighted by atomic mass is 127. The molecule has 330 valence electrons. The van der Waals surface area contributed by atoms with Crippen molar-refractivity contribution in [3.63, 3.8) is 0 Å². The van der Waals surface area contributed by atoms with Crippen molar-refractivity contribution in [3.8, 4) is 44.5 Å². The van der Waals surface area contributed by atoms with E-state index in [0.29, 0.717) is 0 Å². The number of benzene rings is 10. The average molecular weight is 997 g/mol. The summed E-state index contributed by atoms with van der Waals surface area (Å²) in [6, 6.07) is 96.3. The van der Waals surface area contributed by atoms with E-state index in [1.54, 1.807) is 0 Å². The third-order valence-electron chi connectivity index (χ3n) is 13.1. The third-order valence-corrected chi connectivity index (χ3v) is 14.3. The zero-order chi connectivity index (χ0) is 46.4. The van der Waals surface area contributed by atoms with Crippen LogP contribution in [0.3, 0.4) is 0 Å². The minimum absolute atomic E-state index is 0.0771. The topological polar surface area (TPSA) is 6.48 Å². The monoisotopic (exact) mass is 996 g/mol. The Morgan fingerprint density at radius 2 is 0.594 bits per heavy atom. The summed E-state index contributed by atoms with van der Waals surface area (Å²) >= 11 is 2.64. The second kappa shape index (κ2) is 20.1. The second-order valence-corrected chi connectivity index (χ2v) is 18.8. The molecule has 0 fully saturated rings. The Morgan fingerprint density at radius 3 is 0.986 bits per heavy atom. The summed E-state index contributed by atoms with van der Waals surface area (Å²) in [6.45, 7) is 0. The minimum Gasteiger partial charge on any atom is -0.310 e. The lowest BCUT2D eigenvalue weighted by molar-refractivity contribution is 0.895. The molecule has 69 heavy (non-hydrogen) atoms. The maximum atomic E-state index is 2.64. The highest BCUT2D eigenvalue weighted by Gasteiger charge is 2.28. The molecule has 0 saturated heterocycles. The van der Waals surface area contributed by atoms with E-state index in [9.17, 15) is 0 Å². The maximum Gasteiger partial charge on any atom is 0.0539 e. The van der Waals surface area contributed by atoms with Crippen LogP contribution in [0.2, 0.25) is 0 Å². The zero-order valence-corrected chi connectivity index (χ0v) is 40.2. The Kier molecular flexibility index (Phi) is 12.7. The van der Waals surface area contributed by atoms with Gasteiger partial charge in [0, 0.05) is 43.8 Å². The van der Waals surface area contributed by atoms with E-state index in [1.165, 1.54) is 61.2 Å². The lowest BCUT2D eigenvalue weighted by Crippen LogP contribution is -2.18. The Morgan fingerprint density at radius 1 is 0.290 bits per heavy atom. The van der Waals surface area contributed by atoms with E-state index >= 15 is 0 Å². The van der Waals surface area contributed by atoms with Gasteiger partial charge in [-0.25, -0.2) is 0 Å². The van der Waals surface area contributed by atoms with E-state index in [2.05, 4.69) is 318 Å². The number of hydrogen-bond donors (Lipinski definition) is 0.